The Bertz CT molecular complexity index is 1200. The molecule has 0 atom stereocenters. The fourth-order valence-corrected chi connectivity index (χ4v) is 4.05. The second-order valence-electron chi connectivity index (χ2n) is 8.63. The Morgan fingerprint density at radius 3 is 2.48 bits per heavy atom. The summed E-state index contributed by atoms with van der Waals surface area (Å²) in [5.41, 5.74) is 3.89. The lowest BCUT2D eigenvalue weighted by molar-refractivity contribution is -0.118. The maximum absolute atomic E-state index is 12.5. The highest BCUT2D eigenvalue weighted by Gasteiger charge is 2.14. The Balaban J connectivity index is 1.44. The van der Waals surface area contributed by atoms with E-state index in [0.717, 1.165) is 35.3 Å². The fourth-order valence-electron chi connectivity index (χ4n) is 4.05. The number of carbonyl (C=O) groups is 1. The molecule has 0 aliphatic carbocycles. The van der Waals surface area contributed by atoms with Crippen LogP contribution < -0.4 is 20.6 Å². The smallest absolute Gasteiger partial charge is 0.336 e. The van der Waals surface area contributed by atoms with Crippen molar-refractivity contribution in [2.24, 2.45) is 0 Å². The minimum Gasteiger partial charge on any atom is -0.483 e. The van der Waals surface area contributed by atoms with Crippen molar-refractivity contribution < 1.29 is 13.9 Å². The molecule has 6 heteroatoms. The first-order valence-corrected chi connectivity index (χ1v) is 11.5. The van der Waals surface area contributed by atoms with Crippen molar-refractivity contribution in [2.75, 3.05) is 29.9 Å². The largest absolute Gasteiger partial charge is 0.483 e. The van der Waals surface area contributed by atoms with Gasteiger partial charge >= 0.3 is 5.63 Å². The van der Waals surface area contributed by atoms with Crippen LogP contribution in [0.3, 0.4) is 0 Å². The van der Waals surface area contributed by atoms with Gasteiger partial charge in [-0.3, -0.25) is 4.79 Å². The van der Waals surface area contributed by atoms with E-state index in [2.05, 4.69) is 10.2 Å². The van der Waals surface area contributed by atoms with Crippen molar-refractivity contribution in [3.05, 3.63) is 76.2 Å². The van der Waals surface area contributed by atoms with Crippen LogP contribution in [0.25, 0.3) is 11.0 Å². The molecule has 172 valence electrons. The Labute approximate surface area is 193 Å². The lowest BCUT2D eigenvalue weighted by Crippen LogP contribution is -2.29. The van der Waals surface area contributed by atoms with Crippen molar-refractivity contribution in [1.29, 1.82) is 0 Å². The topological polar surface area (TPSA) is 71.8 Å². The summed E-state index contributed by atoms with van der Waals surface area (Å²) in [4.78, 5) is 26.7. The van der Waals surface area contributed by atoms with Crippen LogP contribution in [0.2, 0.25) is 0 Å². The van der Waals surface area contributed by atoms with Crippen LogP contribution in [0.5, 0.6) is 5.75 Å². The number of fused-ring (bicyclic) bond motifs is 1. The van der Waals surface area contributed by atoms with E-state index in [4.69, 9.17) is 9.15 Å². The molecule has 0 radical (unpaired) electrons. The van der Waals surface area contributed by atoms with Crippen LogP contribution >= 0.6 is 0 Å². The number of anilines is 2. The molecular weight excluding hydrogens is 416 g/mol. The average Bonchev–Trinajstić information content (AvgIpc) is 2.82. The third kappa shape index (κ3) is 5.83. The van der Waals surface area contributed by atoms with Crippen LogP contribution in [0.4, 0.5) is 11.4 Å². The van der Waals surface area contributed by atoms with Crippen LogP contribution in [-0.4, -0.2) is 25.6 Å². The van der Waals surface area contributed by atoms with Gasteiger partial charge in [-0.05, 0) is 82.0 Å². The fraction of sp³-hybridized carbons (Fsp3) is 0.333. The van der Waals surface area contributed by atoms with Gasteiger partial charge in [0, 0.05) is 41.5 Å². The predicted octanol–water partition coefficient (Wildman–Crippen LogP) is 5.31. The van der Waals surface area contributed by atoms with E-state index >= 15 is 0 Å². The lowest BCUT2D eigenvalue weighted by atomic mass is 10.1. The lowest BCUT2D eigenvalue weighted by Gasteiger charge is -2.28. The standard InChI is InChI=1S/C27H30N2O4/c1-19(2)6-13-23-24(14-7-20-8-15-26(31)33-27(20)23)32-18-25(30)28-21-9-11-22(12-10-21)29-16-4-3-5-17-29/h6-12,14-15H,3-5,13,16-18H2,1-2H3,(H,28,30). The zero-order valence-corrected chi connectivity index (χ0v) is 19.2. The molecule has 0 spiro atoms. The van der Waals surface area contributed by atoms with Crippen LogP contribution in [0, 0.1) is 0 Å². The molecule has 1 amide bonds. The number of benzene rings is 2. The maximum Gasteiger partial charge on any atom is 0.336 e. The summed E-state index contributed by atoms with van der Waals surface area (Å²) in [6, 6.07) is 14.7. The first-order chi connectivity index (χ1) is 16.0. The zero-order chi connectivity index (χ0) is 23.2. The van der Waals surface area contributed by atoms with Gasteiger partial charge in [-0.15, -0.1) is 0 Å². The van der Waals surface area contributed by atoms with Gasteiger partial charge in [-0.2, -0.15) is 0 Å². The van der Waals surface area contributed by atoms with E-state index < -0.39 is 5.63 Å². The van der Waals surface area contributed by atoms with Crippen molar-refractivity contribution in [1.82, 2.24) is 0 Å². The molecule has 6 nitrogen and oxygen atoms in total. The number of nitrogens with one attached hydrogen (secondary N) is 1. The number of ether oxygens (including phenoxy) is 1. The molecule has 2 heterocycles. The van der Waals surface area contributed by atoms with Crippen molar-refractivity contribution >= 4 is 28.3 Å². The first kappa shape index (κ1) is 22.6. The molecule has 0 saturated carbocycles. The number of amides is 1. The number of hydrogen-bond donors (Lipinski definition) is 1. The minimum absolute atomic E-state index is 0.141. The van der Waals surface area contributed by atoms with E-state index in [1.54, 1.807) is 6.07 Å². The monoisotopic (exact) mass is 446 g/mol. The summed E-state index contributed by atoms with van der Waals surface area (Å²) in [6.07, 6.45) is 6.33. The SMILES string of the molecule is CC(C)=CCc1c(OCC(=O)Nc2ccc(N3CCCCC3)cc2)ccc2ccc(=O)oc12. The van der Waals surface area contributed by atoms with Crippen LogP contribution in [0.1, 0.15) is 38.7 Å². The van der Waals surface area contributed by atoms with Gasteiger partial charge in [-0.1, -0.05) is 11.6 Å². The van der Waals surface area contributed by atoms with E-state index in [9.17, 15) is 9.59 Å². The second kappa shape index (κ2) is 10.4. The minimum atomic E-state index is -0.413. The number of nitrogens with zero attached hydrogens (tertiary/aromatic N) is 1. The van der Waals surface area contributed by atoms with Gasteiger partial charge in [0.1, 0.15) is 11.3 Å². The molecule has 0 unspecified atom stereocenters. The van der Waals surface area contributed by atoms with E-state index in [1.807, 2.05) is 56.3 Å². The zero-order valence-electron chi connectivity index (χ0n) is 19.2. The third-order valence-electron chi connectivity index (χ3n) is 5.80. The van der Waals surface area contributed by atoms with Crippen molar-refractivity contribution in [2.45, 2.75) is 39.5 Å². The second-order valence-corrected chi connectivity index (χ2v) is 8.63. The van der Waals surface area contributed by atoms with Crippen LogP contribution in [0.15, 0.2) is 69.4 Å². The molecule has 4 rings (SSSR count). The molecule has 1 N–H and O–H groups in total. The van der Waals surface area contributed by atoms with Gasteiger partial charge in [0.25, 0.3) is 5.91 Å². The summed E-state index contributed by atoms with van der Waals surface area (Å²) in [6.45, 7) is 6.04. The molecule has 1 aromatic heterocycles. The summed E-state index contributed by atoms with van der Waals surface area (Å²) >= 11 is 0. The van der Waals surface area contributed by atoms with E-state index in [-0.39, 0.29) is 12.5 Å². The molecule has 0 bridgehead atoms. The molecule has 1 aliphatic heterocycles. The molecule has 33 heavy (non-hydrogen) atoms. The van der Waals surface area contributed by atoms with E-state index in [1.165, 1.54) is 31.0 Å². The molecule has 1 aliphatic rings. The number of piperidine rings is 1. The summed E-state index contributed by atoms with van der Waals surface area (Å²) in [7, 11) is 0. The molecule has 2 aromatic carbocycles. The van der Waals surface area contributed by atoms with Crippen molar-refractivity contribution in [3.8, 4) is 5.75 Å². The highest BCUT2D eigenvalue weighted by atomic mass is 16.5. The molecule has 3 aromatic rings. The van der Waals surface area contributed by atoms with E-state index in [0.29, 0.717) is 17.8 Å². The van der Waals surface area contributed by atoms with Crippen molar-refractivity contribution in [3.63, 3.8) is 0 Å². The Morgan fingerprint density at radius 2 is 1.76 bits per heavy atom. The third-order valence-corrected chi connectivity index (χ3v) is 5.80. The normalized spacial score (nSPS) is 13.6. The Kier molecular flexibility index (Phi) is 7.13. The summed E-state index contributed by atoms with van der Waals surface area (Å²) in [5, 5.41) is 3.71. The number of carbonyl (C=O) groups excluding carboxylic acids is 1. The average molecular weight is 447 g/mol. The summed E-state index contributed by atoms with van der Waals surface area (Å²) < 4.78 is 11.3. The molecular formula is C27H30N2O4. The van der Waals surface area contributed by atoms with Gasteiger partial charge in [0.05, 0.1) is 0 Å². The molecule has 1 fully saturated rings. The van der Waals surface area contributed by atoms with Gasteiger partial charge < -0.3 is 19.4 Å². The molecule has 1 saturated heterocycles. The predicted molar refractivity (Wildman–Crippen MR) is 132 cm³/mol. The number of hydrogen-bond acceptors (Lipinski definition) is 5. The maximum atomic E-state index is 12.5. The van der Waals surface area contributed by atoms with Gasteiger partial charge in [0.2, 0.25) is 0 Å². The number of rotatable bonds is 7. The van der Waals surface area contributed by atoms with Crippen LogP contribution in [-0.2, 0) is 11.2 Å². The summed E-state index contributed by atoms with van der Waals surface area (Å²) in [5.74, 6) is 0.286. The Hall–Kier alpha value is -3.54. The Morgan fingerprint density at radius 1 is 1.03 bits per heavy atom. The first-order valence-electron chi connectivity index (χ1n) is 11.5. The number of allylic oxidation sites excluding steroid dienone is 2. The van der Waals surface area contributed by atoms with Gasteiger partial charge in [-0.25, -0.2) is 4.79 Å². The van der Waals surface area contributed by atoms with Gasteiger partial charge in [0.15, 0.2) is 6.61 Å². The highest BCUT2D eigenvalue weighted by molar-refractivity contribution is 5.92. The quantitative estimate of drug-likeness (QED) is 0.393. The highest BCUT2D eigenvalue weighted by Crippen LogP contribution is 2.29.